The fourth-order valence-electron chi connectivity index (χ4n) is 1.74. The maximum atomic E-state index is 11.9. The number of nitrogens with zero attached hydrogens (tertiary/aromatic N) is 1. The average molecular weight is 282 g/mol. The number of hydrogen-bond donors (Lipinski definition) is 2. The number of rotatable bonds is 4. The van der Waals surface area contributed by atoms with Crippen molar-refractivity contribution in [1.29, 1.82) is 0 Å². The number of amides is 1. The number of thiazole rings is 1. The van der Waals surface area contributed by atoms with E-state index in [2.05, 4.69) is 10.3 Å². The maximum Gasteiger partial charge on any atom is 0.328 e. The van der Waals surface area contributed by atoms with E-state index >= 15 is 0 Å². The highest BCUT2D eigenvalue weighted by molar-refractivity contribution is 7.16. The number of ether oxygens (including phenoxy) is 1. The minimum Gasteiger partial charge on any atom is -0.478 e. The van der Waals surface area contributed by atoms with Gasteiger partial charge in [-0.15, -0.1) is 0 Å². The molecule has 1 aliphatic heterocycles. The van der Waals surface area contributed by atoms with Crippen LogP contribution >= 0.6 is 11.3 Å². The number of carbonyl (C=O) groups is 2. The first-order valence-electron chi connectivity index (χ1n) is 5.90. The van der Waals surface area contributed by atoms with Gasteiger partial charge in [-0.1, -0.05) is 11.3 Å². The van der Waals surface area contributed by atoms with Crippen molar-refractivity contribution in [3.8, 4) is 0 Å². The Hall–Kier alpha value is -1.73. The minimum atomic E-state index is -1.01. The van der Waals surface area contributed by atoms with Crippen LogP contribution in [0.15, 0.2) is 12.3 Å². The van der Waals surface area contributed by atoms with E-state index in [1.165, 1.54) is 23.6 Å². The molecule has 1 amide bonds. The number of carboxylic acid groups (broad SMARTS) is 1. The first-order valence-corrected chi connectivity index (χ1v) is 6.72. The summed E-state index contributed by atoms with van der Waals surface area (Å²) >= 11 is 1.24. The van der Waals surface area contributed by atoms with Crippen molar-refractivity contribution in [2.24, 2.45) is 5.92 Å². The highest BCUT2D eigenvalue weighted by Gasteiger charge is 2.22. The maximum absolute atomic E-state index is 11.9. The average Bonchev–Trinajstić information content (AvgIpc) is 2.85. The molecule has 1 saturated heterocycles. The summed E-state index contributed by atoms with van der Waals surface area (Å²) in [5.41, 5.74) is 0. The van der Waals surface area contributed by atoms with E-state index < -0.39 is 5.97 Å². The van der Waals surface area contributed by atoms with Crippen LogP contribution in [0, 0.1) is 5.92 Å². The summed E-state index contributed by atoms with van der Waals surface area (Å²) in [6.45, 7) is 1.23. The van der Waals surface area contributed by atoms with Crippen LogP contribution in [0.3, 0.4) is 0 Å². The molecule has 102 valence electrons. The van der Waals surface area contributed by atoms with Gasteiger partial charge in [0.1, 0.15) is 0 Å². The Labute approximate surface area is 114 Å². The topological polar surface area (TPSA) is 88.5 Å². The molecule has 0 atom stereocenters. The predicted octanol–water partition coefficient (Wildman–Crippen LogP) is 1.61. The van der Waals surface area contributed by atoms with Crippen LogP contribution in [0.5, 0.6) is 0 Å². The van der Waals surface area contributed by atoms with E-state index in [1.807, 2.05) is 0 Å². The second-order valence-electron chi connectivity index (χ2n) is 4.12. The number of hydrogen-bond acceptors (Lipinski definition) is 5. The summed E-state index contributed by atoms with van der Waals surface area (Å²) in [6, 6.07) is 0. The van der Waals surface area contributed by atoms with Crippen molar-refractivity contribution in [3.05, 3.63) is 17.2 Å². The van der Waals surface area contributed by atoms with Gasteiger partial charge in [-0.05, 0) is 18.9 Å². The lowest BCUT2D eigenvalue weighted by molar-refractivity contribution is -0.131. The number of aliphatic carboxylic acids is 1. The molecule has 0 aromatic carbocycles. The van der Waals surface area contributed by atoms with Crippen molar-refractivity contribution in [3.63, 3.8) is 0 Å². The van der Waals surface area contributed by atoms with Gasteiger partial charge in [0.15, 0.2) is 5.13 Å². The van der Waals surface area contributed by atoms with Gasteiger partial charge in [0.2, 0.25) is 5.91 Å². The highest BCUT2D eigenvalue weighted by Crippen LogP contribution is 2.22. The molecule has 7 heteroatoms. The van der Waals surface area contributed by atoms with Gasteiger partial charge in [0.25, 0.3) is 0 Å². The number of aromatic nitrogens is 1. The summed E-state index contributed by atoms with van der Waals surface area (Å²) < 4.78 is 5.20. The molecule has 6 nitrogen and oxygen atoms in total. The molecule has 0 bridgehead atoms. The molecule has 0 saturated carbocycles. The largest absolute Gasteiger partial charge is 0.478 e. The Morgan fingerprint density at radius 1 is 1.47 bits per heavy atom. The van der Waals surface area contributed by atoms with E-state index in [4.69, 9.17) is 9.84 Å². The van der Waals surface area contributed by atoms with Crippen molar-refractivity contribution in [1.82, 2.24) is 4.98 Å². The van der Waals surface area contributed by atoms with Crippen molar-refractivity contribution in [2.75, 3.05) is 18.5 Å². The van der Waals surface area contributed by atoms with E-state index in [9.17, 15) is 9.59 Å². The summed E-state index contributed by atoms with van der Waals surface area (Å²) in [5, 5.41) is 11.8. The van der Waals surface area contributed by atoms with Crippen LogP contribution in [-0.2, 0) is 14.3 Å². The van der Waals surface area contributed by atoms with Crippen LogP contribution in [0.1, 0.15) is 17.7 Å². The zero-order valence-corrected chi connectivity index (χ0v) is 11.0. The molecule has 0 aliphatic carbocycles. The molecule has 2 heterocycles. The van der Waals surface area contributed by atoms with E-state index in [0.717, 1.165) is 18.9 Å². The molecule has 19 heavy (non-hydrogen) atoms. The summed E-state index contributed by atoms with van der Waals surface area (Å²) in [6.07, 6.45) is 5.47. The number of carboxylic acids is 1. The van der Waals surface area contributed by atoms with Crippen LogP contribution in [0.4, 0.5) is 5.13 Å². The quantitative estimate of drug-likeness (QED) is 0.819. The normalized spacial score (nSPS) is 16.6. The van der Waals surface area contributed by atoms with Crippen LogP contribution < -0.4 is 5.32 Å². The van der Waals surface area contributed by atoms with E-state index in [-0.39, 0.29) is 11.8 Å². The fraction of sp³-hybridized carbons (Fsp3) is 0.417. The summed E-state index contributed by atoms with van der Waals surface area (Å²) in [4.78, 5) is 27.0. The molecule has 1 aromatic heterocycles. The van der Waals surface area contributed by atoms with E-state index in [0.29, 0.717) is 23.2 Å². The monoisotopic (exact) mass is 282 g/mol. The number of carbonyl (C=O) groups excluding carboxylic acids is 1. The first kappa shape index (κ1) is 13.7. The molecule has 1 aromatic rings. The zero-order valence-electron chi connectivity index (χ0n) is 10.2. The predicted molar refractivity (Wildman–Crippen MR) is 71.0 cm³/mol. The SMILES string of the molecule is O=C(O)/C=C/c1cnc(NC(=O)C2CCOCC2)s1. The second kappa shape index (κ2) is 6.44. The third-order valence-electron chi connectivity index (χ3n) is 2.74. The molecule has 0 spiro atoms. The molecular formula is C12H14N2O4S. The van der Waals surface area contributed by atoms with Gasteiger partial charge in [-0.2, -0.15) is 0 Å². The lowest BCUT2D eigenvalue weighted by Crippen LogP contribution is -2.28. The lowest BCUT2D eigenvalue weighted by atomic mass is 10.00. The molecule has 0 unspecified atom stereocenters. The van der Waals surface area contributed by atoms with Gasteiger partial charge in [-0.25, -0.2) is 9.78 Å². The molecule has 2 N–H and O–H groups in total. The van der Waals surface area contributed by atoms with Gasteiger partial charge in [0.05, 0.1) is 0 Å². The molecule has 1 fully saturated rings. The standard InChI is InChI=1S/C12H14N2O4S/c15-10(16)2-1-9-7-13-12(19-9)14-11(17)8-3-5-18-6-4-8/h1-2,7-8H,3-6H2,(H,15,16)(H,13,14,17)/b2-1+. The molecule has 2 rings (SSSR count). The van der Waals surface area contributed by atoms with Crippen LogP contribution in [-0.4, -0.2) is 35.2 Å². The van der Waals surface area contributed by atoms with Crippen LogP contribution in [0.25, 0.3) is 6.08 Å². The number of nitrogens with one attached hydrogen (secondary N) is 1. The Balaban J connectivity index is 1.92. The minimum absolute atomic E-state index is 0.0318. The summed E-state index contributed by atoms with van der Waals surface area (Å²) in [5.74, 6) is -1.09. The fourth-order valence-corrected chi connectivity index (χ4v) is 2.46. The van der Waals surface area contributed by atoms with Crippen molar-refractivity contribution >= 4 is 34.4 Å². The second-order valence-corrected chi connectivity index (χ2v) is 5.18. The smallest absolute Gasteiger partial charge is 0.328 e. The zero-order chi connectivity index (χ0) is 13.7. The van der Waals surface area contributed by atoms with Crippen molar-refractivity contribution in [2.45, 2.75) is 12.8 Å². The Morgan fingerprint density at radius 3 is 2.89 bits per heavy atom. The Bertz CT molecular complexity index is 492. The van der Waals surface area contributed by atoms with Gasteiger partial charge in [-0.3, -0.25) is 4.79 Å². The van der Waals surface area contributed by atoms with E-state index in [1.54, 1.807) is 0 Å². The summed E-state index contributed by atoms with van der Waals surface area (Å²) in [7, 11) is 0. The van der Waals surface area contributed by atoms with Gasteiger partial charge in [0, 0.05) is 36.3 Å². The highest BCUT2D eigenvalue weighted by atomic mass is 32.1. The first-order chi connectivity index (χ1) is 9.15. The number of anilines is 1. The molecular weight excluding hydrogens is 268 g/mol. The van der Waals surface area contributed by atoms with Crippen molar-refractivity contribution < 1.29 is 19.4 Å². The lowest BCUT2D eigenvalue weighted by Gasteiger charge is -2.20. The van der Waals surface area contributed by atoms with Crippen LogP contribution in [0.2, 0.25) is 0 Å². The van der Waals surface area contributed by atoms with Gasteiger partial charge < -0.3 is 15.2 Å². The Kier molecular flexibility index (Phi) is 4.64. The third kappa shape index (κ3) is 4.15. The third-order valence-corrected chi connectivity index (χ3v) is 3.61. The van der Waals surface area contributed by atoms with Gasteiger partial charge >= 0.3 is 5.97 Å². The molecule has 0 radical (unpaired) electrons. The Morgan fingerprint density at radius 2 is 2.21 bits per heavy atom. The molecule has 1 aliphatic rings.